The Kier molecular flexibility index (Phi) is 15.0. The summed E-state index contributed by atoms with van der Waals surface area (Å²) in [6, 6.07) is 0. The first-order valence-corrected chi connectivity index (χ1v) is 10.8. The van der Waals surface area contributed by atoms with Gasteiger partial charge in [-0.2, -0.15) is 0 Å². The van der Waals surface area contributed by atoms with Crippen LogP contribution >= 0.6 is 26.7 Å². The summed E-state index contributed by atoms with van der Waals surface area (Å²) in [5.74, 6) is 0.441. The maximum Gasteiger partial charge on any atom is 0.198 e. The molecule has 0 fully saturated rings. The fourth-order valence-electron chi connectivity index (χ4n) is 1.06. The Morgan fingerprint density at radius 1 is 0.800 bits per heavy atom. The SMILES string of the molecule is CS(=O)(=O)SCCOCCOCCOCCOCCBr. The summed E-state index contributed by atoms with van der Waals surface area (Å²) in [5.41, 5.74) is 0. The van der Waals surface area contributed by atoms with E-state index in [1.54, 1.807) is 0 Å². The Labute approximate surface area is 133 Å². The van der Waals surface area contributed by atoms with Gasteiger partial charge in [0.05, 0.1) is 52.9 Å². The van der Waals surface area contributed by atoms with Crippen molar-refractivity contribution in [1.29, 1.82) is 0 Å². The monoisotopic (exact) mass is 394 g/mol. The molecule has 0 saturated heterocycles. The van der Waals surface area contributed by atoms with Crippen molar-refractivity contribution < 1.29 is 27.4 Å². The molecule has 0 rings (SSSR count). The zero-order valence-electron chi connectivity index (χ0n) is 11.7. The van der Waals surface area contributed by atoms with Gasteiger partial charge in [0.2, 0.25) is 0 Å². The second-order valence-electron chi connectivity index (χ2n) is 3.66. The third-order valence-corrected chi connectivity index (χ3v) is 4.73. The van der Waals surface area contributed by atoms with Gasteiger partial charge in [-0.15, -0.1) is 0 Å². The predicted octanol–water partition coefficient (Wildman–Crippen LogP) is 1.14. The molecule has 0 heterocycles. The molecule has 9 heteroatoms. The van der Waals surface area contributed by atoms with E-state index in [1.165, 1.54) is 6.26 Å². The Balaban J connectivity index is 3.03. The van der Waals surface area contributed by atoms with E-state index in [0.29, 0.717) is 58.6 Å². The van der Waals surface area contributed by atoms with Gasteiger partial charge in [-0.3, -0.25) is 0 Å². The average Bonchev–Trinajstić information content (AvgIpc) is 2.38. The molecular formula is C11H23BrO6S2. The quantitative estimate of drug-likeness (QED) is 0.234. The van der Waals surface area contributed by atoms with Crippen molar-refractivity contribution in [2.75, 3.05) is 70.2 Å². The molecule has 0 aliphatic heterocycles. The molecule has 0 aromatic heterocycles. The molecule has 0 aliphatic carbocycles. The molecule has 0 atom stereocenters. The van der Waals surface area contributed by atoms with Crippen molar-refractivity contribution in [3.05, 3.63) is 0 Å². The summed E-state index contributed by atoms with van der Waals surface area (Å²) in [5, 5.41) is 0.832. The Morgan fingerprint density at radius 3 is 1.60 bits per heavy atom. The highest BCUT2D eigenvalue weighted by molar-refractivity contribution is 9.09. The summed E-state index contributed by atoms with van der Waals surface area (Å²) in [6.45, 7) is 4.23. The second-order valence-corrected chi connectivity index (χ2v) is 9.03. The number of rotatable bonds is 15. The van der Waals surface area contributed by atoms with Gasteiger partial charge in [0.25, 0.3) is 0 Å². The highest BCUT2D eigenvalue weighted by atomic mass is 79.9. The number of hydrogen-bond donors (Lipinski definition) is 0. The first kappa shape index (κ1) is 20.6. The predicted molar refractivity (Wildman–Crippen MR) is 84.4 cm³/mol. The molecule has 20 heavy (non-hydrogen) atoms. The fraction of sp³-hybridized carbons (Fsp3) is 1.00. The van der Waals surface area contributed by atoms with Crippen LogP contribution < -0.4 is 0 Å². The van der Waals surface area contributed by atoms with E-state index >= 15 is 0 Å². The smallest absolute Gasteiger partial charge is 0.198 e. The van der Waals surface area contributed by atoms with Gasteiger partial charge in [0.15, 0.2) is 8.87 Å². The van der Waals surface area contributed by atoms with Crippen LogP contribution in [-0.2, 0) is 27.8 Å². The maximum atomic E-state index is 10.8. The number of alkyl halides is 1. The van der Waals surface area contributed by atoms with Crippen molar-refractivity contribution in [3.8, 4) is 0 Å². The molecule has 0 radical (unpaired) electrons. The highest BCUT2D eigenvalue weighted by Gasteiger charge is 2.01. The minimum atomic E-state index is -2.96. The van der Waals surface area contributed by atoms with Gasteiger partial charge >= 0.3 is 0 Å². The van der Waals surface area contributed by atoms with E-state index in [1.807, 2.05) is 0 Å². The number of ether oxygens (including phenoxy) is 4. The lowest BCUT2D eigenvalue weighted by atomic mass is 10.7. The molecule has 0 aliphatic rings. The van der Waals surface area contributed by atoms with Crippen LogP contribution in [0, 0.1) is 0 Å². The molecular weight excluding hydrogens is 372 g/mol. The molecule has 0 unspecified atom stereocenters. The molecule has 122 valence electrons. The minimum absolute atomic E-state index is 0.405. The van der Waals surface area contributed by atoms with Gasteiger partial charge in [-0.05, 0) is 10.8 Å². The van der Waals surface area contributed by atoms with Gasteiger partial charge in [-0.25, -0.2) is 8.42 Å². The lowest BCUT2D eigenvalue weighted by Crippen LogP contribution is -2.12. The largest absolute Gasteiger partial charge is 0.378 e. The lowest BCUT2D eigenvalue weighted by Gasteiger charge is -2.06. The van der Waals surface area contributed by atoms with E-state index < -0.39 is 8.87 Å². The topological polar surface area (TPSA) is 71.1 Å². The third kappa shape index (κ3) is 18.6. The summed E-state index contributed by atoms with van der Waals surface area (Å²) < 4.78 is 42.6. The van der Waals surface area contributed by atoms with Crippen LogP contribution in [0.4, 0.5) is 0 Å². The van der Waals surface area contributed by atoms with Crippen molar-refractivity contribution in [1.82, 2.24) is 0 Å². The molecule has 0 spiro atoms. The van der Waals surface area contributed by atoms with Gasteiger partial charge in [0, 0.05) is 17.3 Å². The van der Waals surface area contributed by atoms with Crippen LogP contribution in [0.1, 0.15) is 0 Å². The van der Waals surface area contributed by atoms with Crippen LogP contribution in [0.2, 0.25) is 0 Å². The van der Waals surface area contributed by atoms with E-state index in [9.17, 15) is 8.42 Å². The van der Waals surface area contributed by atoms with Crippen LogP contribution in [0.5, 0.6) is 0 Å². The van der Waals surface area contributed by atoms with Crippen LogP contribution in [-0.4, -0.2) is 78.6 Å². The Bertz CT molecular complexity index is 299. The van der Waals surface area contributed by atoms with E-state index in [4.69, 9.17) is 18.9 Å². The van der Waals surface area contributed by atoms with Crippen LogP contribution in [0.3, 0.4) is 0 Å². The van der Waals surface area contributed by atoms with Crippen LogP contribution in [0.25, 0.3) is 0 Å². The second kappa shape index (κ2) is 14.6. The first-order chi connectivity index (χ1) is 9.56. The molecule has 0 aromatic rings. The van der Waals surface area contributed by atoms with E-state index in [-0.39, 0.29) is 0 Å². The van der Waals surface area contributed by atoms with E-state index in [2.05, 4.69) is 15.9 Å². The first-order valence-electron chi connectivity index (χ1n) is 6.27. The normalized spacial score (nSPS) is 11.9. The summed E-state index contributed by atoms with van der Waals surface area (Å²) >= 11 is 3.26. The zero-order chi connectivity index (χ0) is 15.1. The molecule has 0 N–H and O–H groups in total. The number of hydrogen-bond acceptors (Lipinski definition) is 7. The van der Waals surface area contributed by atoms with Crippen molar-refractivity contribution in [3.63, 3.8) is 0 Å². The molecule has 0 amide bonds. The summed E-state index contributed by atoms with van der Waals surface area (Å²) in [4.78, 5) is 0. The maximum absolute atomic E-state index is 10.8. The molecule has 0 saturated carbocycles. The third-order valence-electron chi connectivity index (χ3n) is 1.86. The van der Waals surface area contributed by atoms with Crippen LogP contribution in [0.15, 0.2) is 0 Å². The molecule has 0 bridgehead atoms. The lowest BCUT2D eigenvalue weighted by molar-refractivity contribution is 0.00154. The average molecular weight is 395 g/mol. The van der Waals surface area contributed by atoms with Crippen molar-refractivity contribution in [2.45, 2.75) is 0 Å². The van der Waals surface area contributed by atoms with E-state index in [0.717, 1.165) is 16.1 Å². The zero-order valence-corrected chi connectivity index (χ0v) is 14.9. The van der Waals surface area contributed by atoms with Gasteiger partial charge in [0.1, 0.15) is 0 Å². The summed E-state index contributed by atoms with van der Waals surface area (Å²) in [6.07, 6.45) is 1.19. The van der Waals surface area contributed by atoms with Gasteiger partial charge in [-0.1, -0.05) is 15.9 Å². The highest BCUT2D eigenvalue weighted by Crippen LogP contribution is 2.08. The Morgan fingerprint density at radius 2 is 1.20 bits per heavy atom. The molecule has 0 aromatic carbocycles. The minimum Gasteiger partial charge on any atom is -0.378 e. The standard InChI is InChI=1S/C11H23BrO6S2/c1-20(13,14)19-11-10-18-9-8-17-7-6-16-5-4-15-3-2-12/h2-11H2,1H3. The van der Waals surface area contributed by atoms with Crippen molar-refractivity contribution in [2.24, 2.45) is 0 Å². The molecule has 6 nitrogen and oxygen atoms in total. The fourth-order valence-corrected chi connectivity index (χ4v) is 2.89. The van der Waals surface area contributed by atoms with Gasteiger partial charge < -0.3 is 18.9 Å². The summed E-state index contributed by atoms with van der Waals surface area (Å²) in [7, 11) is -2.08. The number of halogens is 1. The van der Waals surface area contributed by atoms with Crippen molar-refractivity contribution >= 4 is 35.6 Å². The Hall–Kier alpha value is 0.620.